The summed E-state index contributed by atoms with van der Waals surface area (Å²) in [6.45, 7) is 2.96. The Balaban J connectivity index is 1.58. The SMILES string of the molecule is CCn1c(CNC(=O)CNC(=O)c2ccccc2Cl)nc2ccccc21. The summed E-state index contributed by atoms with van der Waals surface area (Å²) in [5.41, 5.74) is 2.27. The maximum Gasteiger partial charge on any atom is 0.253 e. The van der Waals surface area contributed by atoms with Gasteiger partial charge in [-0.2, -0.15) is 0 Å². The minimum atomic E-state index is -0.383. The van der Waals surface area contributed by atoms with Crippen molar-refractivity contribution in [1.29, 1.82) is 0 Å². The maximum atomic E-state index is 12.1. The molecule has 6 nitrogen and oxygen atoms in total. The lowest BCUT2D eigenvalue weighted by Crippen LogP contribution is -2.37. The Morgan fingerprint density at radius 2 is 1.81 bits per heavy atom. The molecule has 0 spiro atoms. The van der Waals surface area contributed by atoms with Crippen molar-refractivity contribution in [3.63, 3.8) is 0 Å². The van der Waals surface area contributed by atoms with E-state index in [2.05, 4.69) is 20.2 Å². The monoisotopic (exact) mass is 370 g/mol. The van der Waals surface area contributed by atoms with Crippen molar-refractivity contribution in [1.82, 2.24) is 20.2 Å². The third kappa shape index (κ3) is 3.86. The van der Waals surface area contributed by atoms with Crippen LogP contribution in [0, 0.1) is 0 Å². The average Bonchev–Trinajstić information content (AvgIpc) is 3.02. The van der Waals surface area contributed by atoms with Gasteiger partial charge in [0.15, 0.2) is 0 Å². The number of nitrogens with zero attached hydrogens (tertiary/aromatic N) is 2. The number of aromatic nitrogens is 2. The average molecular weight is 371 g/mol. The van der Waals surface area contributed by atoms with E-state index >= 15 is 0 Å². The summed E-state index contributed by atoms with van der Waals surface area (Å²) in [4.78, 5) is 28.7. The van der Waals surface area contributed by atoms with Crippen molar-refractivity contribution in [2.75, 3.05) is 6.54 Å². The highest BCUT2D eigenvalue weighted by Gasteiger charge is 2.13. The van der Waals surface area contributed by atoms with E-state index in [1.165, 1.54) is 0 Å². The first-order valence-corrected chi connectivity index (χ1v) is 8.71. The molecule has 0 saturated heterocycles. The molecule has 3 rings (SSSR count). The number of carbonyl (C=O) groups excluding carboxylic acids is 2. The molecule has 3 aromatic rings. The normalized spacial score (nSPS) is 10.7. The van der Waals surface area contributed by atoms with E-state index in [1.807, 2.05) is 31.2 Å². The van der Waals surface area contributed by atoms with Gasteiger partial charge in [0.25, 0.3) is 5.91 Å². The molecule has 0 radical (unpaired) electrons. The van der Waals surface area contributed by atoms with Gasteiger partial charge in [0, 0.05) is 6.54 Å². The van der Waals surface area contributed by atoms with E-state index in [4.69, 9.17) is 11.6 Å². The first-order chi connectivity index (χ1) is 12.6. The highest BCUT2D eigenvalue weighted by atomic mass is 35.5. The molecule has 0 aliphatic rings. The Hall–Kier alpha value is -2.86. The van der Waals surface area contributed by atoms with E-state index in [0.717, 1.165) is 23.4 Å². The number of rotatable bonds is 6. The molecule has 2 N–H and O–H groups in total. The minimum Gasteiger partial charge on any atom is -0.347 e. The van der Waals surface area contributed by atoms with Crippen LogP contribution in [0.3, 0.4) is 0 Å². The molecule has 7 heteroatoms. The largest absolute Gasteiger partial charge is 0.347 e. The first kappa shape index (κ1) is 17.9. The van der Waals surface area contributed by atoms with Gasteiger partial charge in [0.1, 0.15) is 5.82 Å². The van der Waals surface area contributed by atoms with Crippen LogP contribution < -0.4 is 10.6 Å². The van der Waals surface area contributed by atoms with E-state index < -0.39 is 0 Å². The van der Waals surface area contributed by atoms with Crippen LogP contribution in [0.1, 0.15) is 23.1 Å². The van der Waals surface area contributed by atoms with Crippen LogP contribution in [0.25, 0.3) is 11.0 Å². The third-order valence-corrected chi connectivity index (χ3v) is 4.35. The summed E-state index contributed by atoms with van der Waals surface area (Å²) >= 11 is 5.98. The highest BCUT2D eigenvalue weighted by Crippen LogP contribution is 2.16. The predicted octanol–water partition coefficient (Wildman–Crippen LogP) is 2.76. The van der Waals surface area contributed by atoms with Gasteiger partial charge in [-0.05, 0) is 31.2 Å². The number of para-hydroxylation sites is 2. The van der Waals surface area contributed by atoms with Crippen LogP contribution in [0.4, 0.5) is 0 Å². The van der Waals surface area contributed by atoms with E-state index in [0.29, 0.717) is 17.1 Å². The molecule has 0 unspecified atom stereocenters. The number of amides is 2. The highest BCUT2D eigenvalue weighted by molar-refractivity contribution is 6.33. The zero-order chi connectivity index (χ0) is 18.5. The summed E-state index contributed by atoms with van der Waals surface area (Å²) in [6.07, 6.45) is 0. The summed E-state index contributed by atoms with van der Waals surface area (Å²) in [7, 11) is 0. The molecule has 0 bridgehead atoms. The van der Waals surface area contributed by atoms with Gasteiger partial charge in [0.2, 0.25) is 5.91 Å². The second kappa shape index (κ2) is 8.01. The second-order valence-electron chi connectivity index (χ2n) is 5.70. The van der Waals surface area contributed by atoms with Crippen LogP contribution in [0.2, 0.25) is 5.02 Å². The van der Waals surface area contributed by atoms with Gasteiger partial charge in [-0.1, -0.05) is 35.9 Å². The maximum absolute atomic E-state index is 12.1. The Labute approximate surface area is 156 Å². The van der Waals surface area contributed by atoms with Gasteiger partial charge in [-0.25, -0.2) is 4.98 Å². The molecule has 0 saturated carbocycles. The van der Waals surface area contributed by atoms with Crippen molar-refractivity contribution in [3.8, 4) is 0 Å². The predicted molar refractivity (Wildman–Crippen MR) is 101 cm³/mol. The van der Waals surface area contributed by atoms with Crippen molar-refractivity contribution in [2.24, 2.45) is 0 Å². The fourth-order valence-corrected chi connectivity index (χ4v) is 2.98. The molecule has 0 fully saturated rings. The topological polar surface area (TPSA) is 76.0 Å². The Bertz CT molecular complexity index is 952. The van der Waals surface area contributed by atoms with E-state index in [9.17, 15) is 9.59 Å². The molecule has 1 heterocycles. The van der Waals surface area contributed by atoms with Gasteiger partial charge in [0.05, 0.1) is 34.7 Å². The fourth-order valence-electron chi connectivity index (χ4n) is 2.75. The second-order valence-corrected chi connectivity index (χ2v) is 6.11. The number of aryl methyl sites for hydroxylation is 1. The number of carbonyl (C=O) groups is 2. The quantitative estimate of drug-likeness (QED) is 0.700. The van der Waals surface area contributed by atoms with Crippen LogP contribution in [-0.2, 0) is 17.9 Å². The third-order valence-electron chi connectivity index (χ3n) is 4.02. The lowest BCUT2D eigenvalue weighted by molar-refractivity contribution is -0.120. The number of hydrogen-bond acceptors (Lipinski definition) is 3. The Morgan fingerprint density at radius 3 is 2.58 bits per heavy atom. The number of benzene rings is 2. The number of hydrogen-bond donors (Lipinski definition) is 2. The van der Waals surface area contributed by atoms with Crippen LogP contribution in [-0.4, -0.2) is 27.9 Å². The zero-order valence-corrected chi connectivity index (χ0v) is 15.1. The Kier molecular flexibility index (Phi) is 5.53. The molecule has 0 aliphatic carbocycles. The van der Waals surface area contributed by atoms with Crippen LogP contribution >= 0.6 is 11.6 Å². The molecular formula is C19H19ClN4O2. The molecular weight excluding hydrogens is 352 g/mol. The van der Waals surface area contributed by atoms with Crippen LogP contribution in [0.5, 0.6) is 0 Å². The lowest BCUT2D eigenvalue weighted by atomic mass is 10.2. The standard InChI is InChI=1S/C19H19ClN4O2/c1-2-24-16-10-6-5-9-15(16)23-17(24)11-21-18(25)12-22-19(26)13-7-3-4-8-14(13)20/h3-10H,2,11-12H2,1H3,(H,21,25)(H,22,26). The van der Waals surface area contributed by atoms with Gasteiger partial charge >= 0.3 is 0 Å². The molecule has 1 aromatic heterocycles. The van der Waals surface area contributed by atoms with Gasteiger partial charge in [-0.15, -0.1) is 0 Å². The van der Waals surface area contributed by atoms with Crippen molar-refractivity contribution in [2.45, 2.75) is 20.0 Å². The molecule has 0 atom stereocenters. The molecule has 134 valence electrons. The van der Waals surface area contributed by atoms with Crippen molar-refractivity contribution in [3.05, 3.63) is 64.9 Å². The molecule has 26 heavy (non-hydrogen) atoms. The summed E-state index contributed by atoms with van der Waals surface area (Å²) in [5.74, 6) is 0.103. The van der Waals surface area contributed by atoms with Gasteiger partial charge < -0.3 is 15.2 Å². The minimum absolute atomic E-state index is 0.129. The molecule has 2 amide bonds. The number of nitrogens with one attached hydrogen (secondary N) is 2. The summed E-state index contributed by atoms with van der Waals surface area (Å²) in [6, 6.07) is 14.5. The summed E-state index contributed by atoms with van der Waals surface area (Å²) in [5, 5.41) is 5.70. The molecule has 2 aromatic carbocycles. The van der Waals surface area contributed by atoms with Crippen LogP contribution in [0.15, 0.2) is 48.5 Å². The van der Waals surface area contributed by atoms with E-state index in [1.54, 1.807) is 24.3 Å². The first-order valence-electron chi connectivity index (χ1n) is 8.33. The smallest absolute Gasteiger partial charge is 0.253 e. The van der Waals surface area contributed by atoms with Crippen molar-refractivity contribution < 1.29 is 9.59 Å². The Morgan fingerprint density at radius 1 is 1.08 bits per heavy atom. The fraction of sp³-hybridized carbons (Fsp3) is 0.211. The van der Waals surface area contributed by atoms with Crippen molar-refractivity contribution >= 4 is 34.4 Å². The molecule has 0 aliphatic heterocycles. The number of halogens is 1. The lowest BCUT2D eigenvalue weighted by Gasteiger charge is -2.09. The number of fused-ring (bicyclic) bond motifs is 1. The van der Waals surface area contributed by atoms with E-state index in [-0.39, 0.29) is 18.4 Å². The number of imidazole rings is 1. The zero-order valence-electron chi connectivity index (χ0n) is 14.3. The summed E-state index contributed by atoms with van der Waals surface area (Å²) < 4.78 is 2.05. The van der Waals surface area contributed by atoms with Gasteiger partial charge in [-0.3, -0.25) is 9.59 Å².